The van der Waals surface area contributed by atoms with Gasteiger partial charge >= 0.3 is 0 Å². The lowest BCUT2D eigenvalue weighted by molar-refractivity contribution is -0.112. The van der Waals surface area contributed by atoms with Crippen molar-refractivity contribution < 1.29 is 9.59 Å². The molecule has 0 spiro atoms. The fourth-order valence-corrected chi connectivity index (χ4v) is 3.18. The Balaban J connectivity index is 1.74. The molecule has 0 atom stereocenters. The zero-order chi connectivity index (χ0) is 16.0. The van der Waals surface area contributed by atoms with Gasteiger partial charge in [0.25, 0.3) is 11.8 Å². The van der Waals surface area contributed by atoms with Gasteiger partial charge in [0, 0.05) is 23.2 Å². The monoisotopic (exact) mass is 305 g/mol. The summed E-state index contributed by atoms with van der Waals surface area (Å²) >= 11 is 0. The van der Waals surface area contributed by atoms with Crippen LogP contribution < -0.4 is 11.1 Å². The summed E-state index contributed by atoms with van der Waals surface area (Å²) in [5, 5.41) is 2.85. The number of amides is 2. The van der Waals surface area contributed by atoms with Gasteiger partial charge in [-0.3, -0.25) is 9.59 Å². The van der Waals surface area contributed by atoms with Crippen LogP contribution in [0.1, 0.15) is 22.3 Å². The van der Waals surface area contributed by atoms with Crippen LogP contribution in [0.3, 0.4) is 0 Å². The number of nitrogen functional groups attached to an aromatic ring is 1. The summed E-state index contributed by atoms with van der Waals surface area (Å²) in [5.41, 5.74) is 9.84. The van der Waals surface area contributed by atoms with Crippen LogP contribution in [-0.4, -0.2) is 23.3 Å². The van der Waals surface area contributed by atoms with Gasteiger partial charge in [0.1, 0.15) is 0 Å². The summed E-state index contributed by atoms with van der Waals surface area (Å²) in [6.45, 7) is 0.538. The van der Waals surface area contributed by atoms with Gasteiger partial charge in [-0.1, -0.05) is 30.3 Å². The molecule has 0 fully saturated rings. The van der Waals surface area contributed by atoms with Crippen molar-refractivity contribution in [3.8, 4) is 0 Å². The van der Waals surface area contributed by atoms with Crippen molar-refractivity contribution in [2.75, 3.05) is 17.6 Å². The summed E-state index contributed by atoms with van der Waals surface area (Å²) in [7, 11) is 0. The third-order valence-corrected chi connectivity index (χ3v) is 4.28. The molecule has 2 aliphatic rings. The van der Waals surface area contributed by atoms with Gasteiger partial charge < -0.3 is 16.0 Å². The van der Waals surface area contributed by atoms with E-state index >= 15 is 0 Å². The van der Waals surface area contributed by atoms with Crippen molar-refractivity contribution in [1.82, 2.24) is 4.90 Å². The molecule has 0 bridgehead atoms. The number of para-hydroxylation sites is 2. The van der Waals surface area contributed by atoms with E-state index < -0.39 is 0 Å². The highest BCUT2D eigenvalue weighted by Crippen LogP contribution is 2.40. The average molecular weight is 305 g/mol. The average Bonchev–Trinajstić information content (AvgIpc) is 3.11. The molecule has 3 N–H and O–H groups in total. The van der Waals surface area contributed by atoms with E-state index in [0.29, 0.717) is 35.5 Å². The Morgan fingerprint density at radius 3 is 2.52 bits per heavy atom. The van der Waals surface area contributed by atoms with Crippen LogP contribution >= 0.6 is 0 Å². The van der Waals surface area contributed by atoms with E-state index in [1.165, 1.54) is 0 Å². The zero-order valence-corrected chi connectivity index (χ0v) is 12.4. The maximum atomic E-state index is 12.7. The third-order valence-electron chi connectivity index (χ3n) is 4.28. The van der Waals surface area contributed by atoms with Crippen molar-refractivity contribution in [3.63, 3.8) is 0 Å². The number of hydrogen-bond donors (Lipinski definition) is 2. The van der Waals surface area contributed by atoms with E-state index in [-0.39, 0.29) is 11.8 Å². The first-order valence-electron chi connectivity index (χ1n) is 7.47. The van der Waals surface area contributed by atoms with Crippen LogP contribution in [0.4, 0.5) is 11.4 Å². The maximum Gasteiger partial charge on any atom is 0.258 e. The highest BCUT2D eigenvalue weighted by Gasteiger charge is 2.39. The lowest BCUT2D eigenvalue weighted by atomic mass is 10.0. The van der Waals surface area contributed by atoms with Gasteiger partial charge in [-0.15, -0.1) is 0 Å². The molecule has 2 amide bonds. The topological polar surface area (TPSA) is 75.4 Å². The molecule has 2 aromatic carbocycles. The number of carbonyl (C=O) groups is 2. The van der Waals surface area contributed by atoms with Crippen LogP contribution in [0.15, 0.2) is 54.1 Å². The van der Waals surface area contributed by atoms with Gasteiger partial charge in [-0.05, 0) is 24.6 Å². The Bertz CT molecular complexity index is 870. The molecular weight excluding hydrogens is 290 g/mol. The minimum Gasteiger partial charge on any atom is -0.397 e. The van der Waals surface area contributed by atoms with Crippen molar-refractivity contribution in [2.24, 2.45) is 0 Å². The predicted molar refractivity (Wildman–Crippen MR) is 88.5 cm³/mol. The van der Waals surface area contributed by atoms with Crippen molar-refractivity contribution in [1.29, 1.82) is 0 Å². The molecule has 4 rings (SSSR count). The number of anilines is 2. The molecule has 114 valence electrons. The Labute approximate surface area is 133 Å². The Hall–Kier alpha value is -3.08. The SMILES string of the molecule is Nc1ccccc1NC(=O)C1=C2c3ccccc3C(=O)N2CC1. The molecule has 0 aromatic heterocycles. The van der Waals surface area contributed by atoms with Crippen molar-refractivity contribution in [2.45, 2.75) is 6.42 Å². The number of nitrogens with two attached hydrogens (primary N) is 1. The molecule has 2 aliphatic heterocycles. The molecule has 0 radical (unpaired) electrons. The largest absolute Gasteiger partial charge is 0.397 e. The number of nitrogens with one attached hydrogen (secondary N) is 1. The van der Waals surface area contributed by atoms with Crippen LogP contribution in [0.2, 0.25) is 0 Å². The zero-order valence-electron chi connectivity index (χ0n) is 12.4. The second-order valence-corrected chi connectivity index (χ2v) is 5.62. The van der Waals surface area contributed by atoms with Gasteiger partial charge in [0.05, 0.1) is 17.1 Å². The predicted octanol–water partition coefficient (Wildman–Crippen LogP) is 2.48. The van der Waals surface area contributed by atoms with Gasteiger partial charge in [-0.2, -0.15) is 0 Å². The molecule has 0 saturated heterocycles. The van der Waals surface area contributed by atoms with Crippen LogP contribution in [0, 0.1) is 0 Å². The minimum absolute atomic E-state index is 0.0300. The normalized spacial score (nSPS) is 15.7. The standard InChI is InChI=1S/C18H15N3O2/c19-14-7-3-4-8-15(14)20-17(22)13-9-10-21-16(13)11-5-1-2-6-12(11)18(21)23/h1-8H,9-10,19H2,(H,20,22). The summed E-state index contributed by atoms with van der Waals surface area (Å²) in [6, 6.07) is 14.5. The first-order valence-corrected chi connectivity index (χ1v) is 7.47. The van der Waals surface area contributed by atoms with E-state index in [4.69, 9.17) is 5.73 Å². The molecule has 0 unspecified atom stereocenters. The molecule has 2 aromatic rings. The van der Waals surface area contributed by atoms with Crippen molar-refractivity contribution >= 4 is 28.9 Å². The number of benzene rings is 2. The fraction of sp³-hybridized carbons (Fsp3) is 0.111. The van der Waals surface area contributed by atoms with Crippen molar-refractivity contribution in [3.05, 3.63) is 65.2 Å². The first kappa shape index (κ1) is 13.6. The third kappa shape index (κ3) is 2.01. The Morgan fingerprint density at radius 2 is 1.74 bits per heavy atom. The van der Waals surface area contributed by atoms with E-state index in [1.807, 2.05) is 30.3 Å². The van der Waals surface area contributed by atoms with Crippen LogP contribution in [0.25, 0.3) is 5.70 Å². The fourth-order valence-electron chi connectivity index (χ4n) is 3.18. The molecule has 0 saturated carbocycles. The van der Waals surface area contributed by atoms with Gasteiger partial charge in [0.15, 0.2) is 0 Å². The summed E-state index contributed by atoms with van der Waals surface area (Å²) < 4.78 is 0. The summed E-state index contributed by atoms with van der Waals surface area (Å²) in [6.07, 6.45) is 0.550. The molecule has 5 nitrogen and oxygen atoms in total. The molecular formula is C18H15N3O2. The van der Waals surface area contributed by atoms with E-state index in [1.54, 1.807) is 23.1 Å². The van der Waals surface area contributed by atoms with E-state index in [9.17, 15) is 9.59 Å². The summed E-state index contributed by atoms with van der Waals surface area (Å²) in [5.74, 6) is -0.234. The second-order valence-electron chi connectivity index (χ2n) is 5.62. The molecule has 23 heavy (non-hydrogen) atoms. The molecule has 5 heteroatoms. The van der Waals surface area contributed by atoms with E-state index in [2.05, 4.69) is 5.32 Å². The number of nitrogens with zero attached hydrogens (tertiary/aromatic N) is 1. The van der Waals surface area contributed by atoms with E-state index in [0.717, 1.165) is 11.3 Å². The van der Waals surface area contributed by atoms with Crippen LogP contribution in [-0.2, 0) is 4.79 Å². The number of rotatable bonds is 2. The van der Waals surface area contributed by atoms with Crippen LogP contribution in [0.5, 0.6) is 0 Å². The quantitative estimate of drug-likeness (QED) is 0.837. The van der Waals surface area contributed by atoms with Gasteiger partial charge in [0.2, 0.25) is 0 Å². The maximum absolute atomic E-state index is 12.7. The first-order chi connectivity index (χ1) is 11.2. The summed E-state index contributed by atoms with van der Waals surface area (Å²) in [4.78, 5) is 26.8. The highest BCUT2D eigenvalue weighted by atomic mass is 16.2. The highest BCUT2D eigenvalue weighted by molar-refractivity contribution is 6.18. The molecule has 2 heterocycles. The Kier molecular flexibility index (Phi) is 2.94. The lowest BCUT2D eigenvalue weighted by Crippen LogP contribution is -2.20. The number of fused-ring (bicyclic) bond motifs is 3. The second kappa shape index (κ2) is 4.98. The molecule has 0 aliphatic carbocycles. The number of hydrogen-bond acceptors (Lipinski definition) is 3. The number of carbonyl (C=O) groups excluding carboxylic acids is 2. The van der Waals surface area contributed by atoms with Gasteiger partial charge in [-0.25, -0.2) is 0 Å². The minimum atomic E-state index is -0.204. The lowest BCUT2D eigenvalue weighted by Gasteiger charge is -2.11. The smallest absolute Gasteiger partial charge is 0.258 e. The Morgan fingerprint density at radius 1 is 1.04 bits per heavy atom.